The van der Waals surface area contributed by atoms with E-state index in [4.69, 9.17) is 0 Å². The second kappa shape index (κ2) is 7.00. The Labute approximate surface area is 103 Å². The van der Waals surface area contributed by atoms with Gasteiger partial charge in [0.15, 0.2) is 0 Å². The summed E-state index contributed by atoms with van der Waals surface area (Å²) >= 11 is 0. The molecule has 0 spiro atoms. The first kappa shape index (κ1) is 16.4. The fourth-order valence-electron chi connectivity index (χ4n) is 1.48. The summed E-state index contributed by atoms with van der Waals surface area (Å²) in [4.78, 5) is 11.3. The molecule has 1 heterocycles. The molecule has 1 amide bonds. The zero-order chi connectivity index (χ0) is 12.2. The van der Waals surface area contributed by atoms with E-state index in [2.05, 4.69) is 5.32 Å². The number of hydrogen-bond donors (Lipinski definition) is 2. The van der Waals surface area contributed by atoms with Gasteiger partial charge in [-0.3, -0.25) is 4.79 Å². The first-order valence-corrected chi connectivity index (χ1v) is 5.10. The summed E-state index contributed by atoms with van der Waals surface area (Å²) in [6.45, 7) is -0.676. The summed E-state index contributed by atoms with van der Waals surface area (Å²) in [5, 5.41) is 4.68. The summed E-state index contributed by atoms with van der Waals surface area (Å²) < 4.78 is 48.6. The molecule has 0 unspecified atom stereocenters. The molecule has 0 saturated carbocycles. The van der Waals surface area contributed by atoms with E-state index in [1.807, 2.05) is 5.32 Å². The van der Waals surface area contributed by atoms with Gasteiger partial charge in [-0.2, -0.15) is 8.78 Å². The molecule has 1 fully saturated rings. The molecule has 0 aromatic rings. The lowest BCUT2D eigenvalue weighted by Gasteiger charge is -2.23. The largest absolute Gasteiger partial charge is 0.348 e. The van der Waals surface area contributed by atoms with Gasteiger partial charge in [-0.05, 0) is 19.4 Å². The van der Waals surface area contributed by atoms with Gasteiger partial charge in [0, 0.05) is 0 Å². The van der Waals surface area contributed by atoms with Crippen molar-refractivity contribution in [1.29, 1.82) is 0 Å². The fraction of sp³-hybridized carbons (Fsp3) is 0.889. The van der Waals surface area contributed by atoms with Gasteiger partial charge in [0.25, 0.3) is 0 Å². The summed E-state index contributed by atoms with van der Waals surface area (Å²) in [7, 11) is 0. The summed E-state index contributed by atoms with van der Waals surface area (Å²) in [6.07, 6.45) is -1.45. The molecule has 0 bridgehead atoms. The first-order chi connectivity index (χ1) is 7.43. The van der Waals surface area contributed by atoms with E-state index in [-0.39, 0.29) is 12.4 Å². The van der Waals surface area contributed by atoms with Gasteiger partial charge >= 0.3 is 12.3 Å². The lowest BCUT2D eigenvalue weighted by molar-refractivity contribution is -0.137. The average Bonchev–Trinajstić information content (AvgIpc) is 2.27. The van der Waals surface area contributed by atoms with Crippen LogP contribution in [0.4, 0.5) is 17.6 Å². The molecule has 17 heavy (non-hydrogen) atoms. The SMILES string of the molecule is Cl.O=C(NCC(F)(F)C(F)F)[C@H]1CCCCN1. The van der Waals surface area contributed by atoms with E-state index in [9.17, 15) is 22.4 Å². The zero-order valence-electron chi connectivity index (χ0n) is 9.02. The van der Waals surface area contributed by atoms with E-state index in [0.29, 0.717) is 13.0 Å². The predicted octanol–water partition coefficient (Wildman–Crippen LogP) is 1.57. The fourth-order valence-corrected chi connectivity index (χ4v) is 1.48. The molecule has 2 N–H and O–H groups in total. The monoisotopic (exact) mass is 278 g/mol. The van der Waals surface area contributed by atoms with Crippen LogP contribution in [0.3, 0.4) is 0 Å². The van der Waals surface area contributed by atoms with Crippen molar-refractivity contribution < 1.29 is 22.4 Å². The number of alkyl halides is 4. The summed E-state index contributed by atoms with van der Waals surface area (Å²) in [5.41, 5.74) is 0. The minimum Gasteiger partial charge on any atom is -0.348 e. The Morgan fingerprint density at radius 1 is 1.41 bits per heavy atom. The molecule has 1 aliphatic heterocycles. The molecule has 3 nitrogen and oxygen atoms in total. The molecule has 102 valence electrons. The molecular weight excluding hydrogens is 264 g/mol. The zero-order valence-corrected chi connectivity index (χ0v) is 9.84. The molecule has 8 heteroatoms. The van der Waals surface area contributed by atoms with Gasteiger partial charge in [0.05, 0.1) is 12.6 Å². The number of rotatable bonds is 4. The third kappa shape index (κ3) is 5.08. The number of hydrogen-bond acceptors (Lipinski definition) is 2. The van der Waals surface area contributed by atoms with E-state index in [0.717, 1.165) is 12.8 Å². The van der Waals surface area contributed by atoms with Crippen LogP contribution in [0.25, 0.3) is 0 Å². The average molecular weight is 279 g/mol. The first-order valence-electron chi connectivity index (χ1n) is 5.10. The standard InChI is InChI=1S/C9H14F4N2O.ClH/c10-8(11)9(12,13)5-15-7(16)6-3-1-2-4-14-6;/h6,8,14H,1-5H2,(H,15,16);1H/t6-;/m1./s1. The van der Waals surface area contributed by atoms with Gasteiger partial charge < -0.3 is 10.6 Å². The summed E-state index contributed by atoms with van der Waals surface area (Å²) in [5.74, 6) is -4.80. The molecule has 1 saturated heterocycles. The highest BCUT2D eigenvalue weighted by atomic mass is 35.5. The smallest absolute Gasteiger partial charge is 0.324 e. The van der Waals surface area contributed by atoms with Crippen LogP contribution >= 0.6 is 12.4 Å². The Bertz CT molecular complexity index is 247. The van der Waals surface area contributed by atoms with E-state index >= 15 is 0 Å². The van der Waals surface area contributed by atoms with Crippen molar-refractivity contribution in [1.82, 2.24) is 10.6 Å². The van der Waals surface area contributed by atoms with Crippen molar-refractivity contribution in [3.63, 3.8) is 0 Å². The summed E-state index contributed by atoms with van der Waals surface area (Å²) in [6, 6.07) is -0.540. The van der Waals surface area contributed by atoms with E-state index in [1.165, 1.54) is 0 Å². The Kier molecular flexibility index (Phi) is 6.77. The number of carbonyl (C=O) groups is 1. The molecule has 1 aliphatic rings. The van der Waals surface area contributed by atoms with Crippen LogP contribution in [0.5, 0.6) is 0 Å². The van der Waals surface area contributed by atoms with E-state index < -0.39 is 30.8 Å². The number of carbonyl (C=O) groups excluding carboxylic acids is 1. The van der Waals surface area contributed by atoms with Crippen LogP contribution in [0, 0.1) is 0 Å². The number of piperidine rings is 1. The lowest BCUT2D eigenvalue weighted by Crippen LogP contribution is -2.50. The Hall–Kier alpha value is -0.560. The van der Waals surface area contributed by atoms with Crippen LogP contribution in [-0.2, 0) is 4.79 Å². The van der Waals surface area contributed by atoms with Crippen LogP contribution in [-0.4, -0.2) is 37.4 Å². The van der Waals surface area contributed by atoms with E-state index in [1.54, 1.807) is 0 Å². The second-order valence-corrected chi connectivity index (χ2v) is 3.78. The highest BCUT2D eigenvalue weighted by molar-refractivity contribution is 5.85. The maximum Gasteiger partial charge on any atom is 0.324 e. The maximum absolute atomic E-state index is 12.5. The van der Waals surface area contributed by atoms with Gasteiger partial charge in [0.2, 0.25) is 5.91 Å². The van der Waals surface area contributed by atoms with Crippen molar-refractivity contribution >= 4 is 18.3 Å². The number of amides is 1. The van der Waals surface area contributed by atoms with Crippen LogP contribution < -0.4 is 10.6 Å². The van der Waals surface area contributed by atoms with Crippen LogP contribution in [0.2, 0.25) is 0 Å². The predicted molar refractivity (Wildman–Crippen MR) is 56.9 cm³/mol. The Morgan fingerprint density at radius 2 is 2.06 bits per heavy atom. The van der Waals surface area contributed by atoms with Gasteiger partial charge in [0.1, 0.15) is 0 Å². The van der Waals surface area contributed by atoms with Crippen LogP contribution in [0.15, 0.2) is 0 Å². The van der Waals surface area contributed by atoms with Crippen LogP contribution in [0.1, 0.15) is 19.3 Å². The Morgan fingerprint density at radius 3 is 2.53 bits per heavy atom. The molecule has 1 rings (SSSR count). The van der Waals surface area contributed by atoms with Crippen molar-refractivity contribution in [2.75, 3.05) is 13.1 Å². The van der Waals surface area contributed by atoms with Crippen molar-refractivity contribution in [3.8, 4) is 0 Å². The number of halogens is 5. The number of nitrogens with one attached hydrogen (secondary N) is 2. The maximum atomic E-state index is 12.5. The third-order valence-corrected chi connectivity index (χ3v) is 2.44. The van der Waals surface area contributed by atoms with Crippen molar-refractivity contribution in [2.24, 2.45) is 0 Å². The topological polar surface area (TPSA) is 41.1 Å². The molecule has 0 aromatic heterocycles. The second-order valence-electron chi connectivity index (χ2n) is 3.78. The molecule has 0 radical (unpaired) electrons. The molecule has 0 aliphatic carbocycles. The van der Waals surface area contributed by atoms with Gasteiger partial charge in [-0.15, -0.1) is 12.4 Å². The minimum atomic E-state index is -4.16. The lowest BCUT2D eigenvalue weighted by atomic mass is 10.0. The third-order valence-electron chi connectivity index (χ3n) is 2.44. The van der Waals surface area contributed by atoms with Gasteiger partial charge in [-0.1, -0.05) is 6.42 Å². The molecule has 1 atom stereocenters. The quantitative estimate of drug-likeness (QED) is 0.767. The minimum absolute atomic E-state index is 0. The Balaban J connectivity index is 0.00000256. The highest BCUT2D eigenvalue weighted by Crippen LogP contribution is 2.21. The van der Waals surface area contributed by atoms with Crippen molar-refractivity contribution in [2.45, 2.75) is 37.7 Å². The highest BCUT2D eigenvalue weighted by Gasteiger charge is 2.41. The molecule has 0 aromatic carbocycles. The van der Waals surface area contributed by atoms with Gasteiger partial charge in [-0.25, -0.2) is 8.78 Å². The van der Waals surface area contributed by atoms with Crippen molar-refractivity contribution in [3.05, 3.63) is 0 Å². The molecular formula is C9H15ClF4N2O. The normalized spacial score (nSPS) is 20.9.